The van der Waals surface area contributed by atoms with Crippen molar-refractivity contribution in [1.29, 1.82) is 0 Å². The summed E-state index contributed by atoms with van der Waals surface area (Å²) in [6, 6.07) is 7.97. The summed E-state index contributed by atoms with van der Waals surface area (Å²) in [4.78, 5) is 15.5. The topological polar surface area (TPSA) is 64.4 Å². The standard InChI is InChI=1S/C15H18N2O3S/c1-15(6-8-20-9-7-15)17-12-5-3-2-4-11(12)16-14(17)21-10-13(18)19/h2-5H,6-10H2,1H3,(H,18,19). The SMILES string of the molecule is CC1(n2c(SCC(=O)O)nc3ccccc32)CCOCC1. The molecule has 1 aliphatic heterocycles. The lowest BCUT2D eigenvalue weighted by Gasteiger charge is -2.36. The molecule has 6 heteroatoms. The van der Waals surface area contributed by atoms with Crippen LogP contribution in [-0.4, -0.2) is 39.6 Å². The van der Waals surface area contributed by atoms with E-state index in [1.165, 1.54) is 11.8 Å². The van der Waals surface area contributed by atoms with Crippen LogP contribution in [0.2, 0.25) is 0 Å². The Labute approximate surface area is 127 Å². The van der Waals surface area contributed by atoms with Gasteiger partial charge in [0.2, 0.25) is 0 Å². The number of carbonyl (C=O) groups is 1. The fourth-order valence-electron chi connectivity index (χ4n) is 2.78. The van der Waals surface area contributed by atoms with Gasteiger partial charge >= 0.3 is 5.97 Å². The van der Waals surface area contributed by atoms with Gasteiger partial charge in [-0.3, -0.25) is 4.79 Å². The normalized spacial score (nSPS) is 18.0. The first kappa shape index (κ1) is 14.4. The Bertz CT molecular complexity index is 662. The number of aromatic nitrogens is 2. The van der Waals surface area contributed by atoms with Crippen molar-refractivity contribution in [2.24, 2.45) is 0 Å². The Kier molecular flexibility index (Phi) is 3.91. The highest BCUT2D eigenvalue weighted by Crippen LogP contribution is 2.36. The zero-order chi connectivity index (χ0) is 14.9. The fourth-order valence-corrected chi connectivity index (χ4v) is 3.65. The predicted octanol–water partition coefficient (Wildman–Crippen LogP) is 2.74. The van der Waals surface area contributed by atoms with Crippen LogP contribution in [0.3, 0.4) is 0 Å². The van der Waals surface area contributed by atoms with E-state index in [-0.39, 0.29) is 11.3 Å². The molecule has 3 rings (SSSR count). The van der Waals surface area contributed by atoms with Crippen LogP contribution < -0.4 is 0 Å². The summed E-state index contributed by atoms with van der Waals surface area (Å²) in [7, 11) is 0. The van der Waals surface area contributed by atoms with E-state index < -0.39 is 5.97 Å². The van der Waals surface area contributed by atoms with Crippen LogP contribution in [0.1, 0.15) is 19.8 Å². The minimum absolute atomic E-state index is 0.0237. The summed E-state index contributed by atoms with van der Waals surface area (Å²) in [5, 5.41) is 9.72. The van der Waals surface area contributed by atoms with E-state index >= 15 is 0 Å². The van der Waals surface area contributed by atoms with Gasteiger partial charge in [-0.25, -0.2) is 4.98 Å². The van der Waals surface area contributed by atoms with Gasteiger partial charge in [-0.05, 0) is 31.9 Å². The van der Waals surface area contributed by atoms with E-state index in [1.54, 1.807) is 0 Å². The van der Waals surface area contributed by atoms with Crippen LogP contribution in [0.5, 0.6) is 0 Å². The van der Waals surface area contributed by atoms with Crippen LogP contribution in [0.15, 0.2) is 29.4 Å². The fraction of sp³-hybridized carbons (Fsp3) is 0.467. The molecule has 0 unspecified atom stereocenters. The Morgan fingerprint density at radius 3 is 2.86 bits per heavy atom. The molecule has 1 N–H and O–H groups in total. The lowest BCUT2D eigenvalue weighted by molar-refractivity contribution is -0.133. The first-order valence-electron chi connectivity index (χ1n) is 7.00. The molecule has 1 aliphatic rings. The van der Waals surface area contributed by atoms with E-state index in [0.717, 1.165) is 42.2 Å². The van der Waals surface area contributed by atoms with E-state index in [0.29, 0.717) is 0 Å². The maximum atomic E-state index is 10.9. The number of ether oxygens (including phenoxy) is 1. The number of nitrogens with zero attached hydrogens (tertiary/aromatic N) is 2. The molecule has 1 aromatic heterocycles. The number of rotatable bonds is 4. The van der Waals surface area contributed by atoms with Gasteiger partial charge in [0.25, 0.3) is 0 Å². The van der Waals surface area contributed by atoms with Crippen molar-refractivity contribution in [3.8, 4) is 0 Å². The summed E-state index contributed by atoms with van der Waals surface area (Å²) in [6.45, 7) is 3.66. The average molecular weight is 306 g/mol. The van der Waals surface area contributed by atoms with Crippen LogP contribution in [0.4, 0.5) is 0 Å². The smallest absolute Gasteiger partial charge is 0.313 e. The molecule has 112 valence electrons. The number of fused-ring (bicyclic) bond motifs is 1. The van der Waals surface area contributed by atoms with Crippen LogP contribution >= 0.6 is 11.8 Å². The molecular formula is C15H18N2O3S. The third-order valence-electron chi connectivity index (χ3n) is 3.96. The second-order valence-corrected chi connectivity index (χ2v) is 6.45. The van der Waals surface area contributed by atoms with Crippen molar-refractivity contribution < 1.29 is 14.6 Å². The van der Waals surface area contributed by atoms with Gasteiger partial charge in [-0.2, -0.15) is 0 Å². The summed E-state index contributed by atoms with van der Waals surface area (Å²) >= 11 is 1.28. The molecule has 21 heavy (non-hydrogen) atoms. The van der Waals surface area contributed by atoms with Crippen molar-refractivity contribution in [3.05, 3.63) is 24.3 Å². The lowest BCUT2D eigenvalue weighted by atomic mass is 9.92. The van der Waals surface area contributed by atoms with Gasteiger partial charge in [0.1, 0.15) is 0 Å². The molecule has 0 spiro atoms. The molecule has 2 aromatic rings. The molecule has 0 bridgehead atoms. The monoisotopic (exact) mass is 306 g/mol. The molecule has 0 aliphatic carbocycles. The second kappa shape index (κ2) is 5.69. The average Bonchev–Trinajstić information content (AvgIpc) is 2.85. The molecule has 0 saturated carbocycles. The van der Waals surface area contributed by atoms with Crippen LogP contribution in [0.25, 0.3) is 11.0 Å². The van der Waals surface area contributed by atoms with Gasteiger partial charge in [-0.15, -0.1) is 0 Å². The highest BCUT2D eigenvalue weighted by molar-refractivity contribution is 7.99. The Balaban J connectivity index is 2.08. The van der Waals surface area contributed by atoms with Gasteiger partial charge < -0.3 is 14.4 Å². The zero-order valence-corrected chi connectivity index (χ0v) is 12.7. The molecular weight excluding hydrogens is 288 g/mol. The summed E-state index contributed by atoms with van der Waals surface area (Å²) in [6.07, 6.45) is 1.82. The van der Waals surface area contributed by atoms with E-state index in [9.17, 15) is 4.79 Å². The summed E-state index contributed by atoms with van der Waals surface area (Å²) in [5.41, 5.74) is 1.91. The highest BCUT2D eigenvalue weighted by atomic mass is 32.2. The quantitative estimate of drug-likeness (QED) is 0.880. The van der Waals surface area contributed by atoms with Crippen molar-refractivity contribution >= 4 is 28.8 Å². The number of hydrogen-bond acceptors (Lipinski definition) is 4. The summed E-state index contributed by atoms with van der Waals surface area (Å²) in [5.74, 6) is -0.800. The number of benzene rings is 1. The summed E-state index contributed by atoms with van der Waals surface area (Å²) < 4.78 is 7.69. The van der Waals surface area contributed by atoms with E-state index in [4.69, 9.17) is 9.84 Å². The van der Waals surface area contributed by atoms with Crippen molar-refractivity contribution in [3.63, 3.8) is 0 Å². The minimum Gasteiger partial charge on any atom is -0.481 e. The molecule has 0 atom stereocenters. The molecule has 1 fully saturated rings. The van der Waals surface area contributed by atoms with Crippen LogP contribution in [-0.2, 0) is 15.1 Å². The largest absolute Gasteiger partial charge is 0.481 e. The first-order valence-corrected chi connectivity index (χ1v) is 7.99. The zero-order valence-electron chi connectivity index (χ0n) is 11.9. The van der Waals surface area contributed by atoms with Crippen molar-refractivity contribution in [2.75, 3.05) is 19.0 Å². The van der Waals surface area contributed by atoms with Gasteiger partial charge in [0, 0.05) is 18.8 Å². The van der Waals surface area contributed by atoms with Crippen molar-refractivity contribution in [2.45, 2.75) is 30.5 Å². The lowest BCUT2D eigenvalue weighted by Crippen LogP contribution is -2.37. The minimum atomic E-state index is -0.823. The maximum Gasteiger partial charge on any atom is 0.313 e. The number of aliphatic carboxylic acids is 1. The van der Waals surface area contributed by atoms with Crippen molar-refractivity contribution in [1.82, 2.24) is 9.55 Å². The Morgan fingerprint density at radius 2 is 2.14 bits per heavy atom. The molecule has 0 amide bonds. The third kappa shape index (κ3) is 2.78. The molecule has 0 radical (unpaired) electrons. The second-order valence-electron chi connectivity index (χ2n) is 5.51. The van der Waals surface area contributed by atoms with Crippen LogP contribution in [0, 0.1) is 0 Å². The third-order valence-corrected chi connectivity index (χ3v) is 4.89. The number of para-hydroxylation sites is 2. The number of carboxylic acids is 1. The molecule has 1 aromatic carbocycles. The number of thioether (sulfide) groups is 1. The molecule has 5 nitrogen and oxygen atoms in total. The maximum absolute atomic E-state index is 10.9. The first-order chi connectivity index (χ1) is 10.1. The van der Waals surface area contributed by atoms with Gasteiger partial charge in [-0.1, -0.05) is 23.9 Å². The predicted molar refractivity (Wildman–Crippen MR) is 81.8 cm³/mol. The van der Waals surface area contributed by atoms with Gasteiger partial charge in [0.15, 0.2) is 5.16 Å². The highest BCUT2D eigenvalue weighted by Gasteiger charge is 2.33. The van der Waals surface area contributed by atoms with E-state index in [1.807, 2.05) is 24.3 Å². The number of hydrogen-bond donors (Lipinski definition) is 1. The number of carboxylic acid groups (broad SMARTS) is 1. The van der Waals surface area contributed by atoms with Gasteiger partial charge in [0.05, 0.1) is 16.8 Å². The Morgan fingerprint density at radius 1 is 1.43 bits per heavy atom. The van der Waals surface area contributed by atoms with E-state index in [2.05, 4.69) is 16.5 Å². The molecule has 1 saturated heterocycles. The Hall–Kier alpha value is -1.53. The molecule has 2 heterocycles. The number of imidazole rings is 1.